The van der Waals surface area contributed by atoms with E-state index in [1.807, 2.05) is 18.2 Å². The van der Waals surface area contributed by atoms with Gasteiger partial charge in [-0.3, -0.25) is 4.79 Å². The van der Waals surface area contributed by atoms with Crippen LogP contribution in [0.4, 0.5) is 0 Å². The number of rotatable bonds is 4. The van der Waals surface area contributed by atoms with E-state index in [9.17, 15) is 4.79 Å². The lowest BCUT2D eigenvalue weighted by Gasteiger charge is -2.06. The van der Waals surface area contributed by atoms with Crippen LogP contribution in [0.15, 0.2) is 57.1 Å². The van der Waals surface area contributed by atoms with Gasteiger partial charge >= 0.3 is 0 Å². The molecule has 7 nitrogen and oxygen atoms in total. The predicted octanol–water partition coefficient (Wildman–Crippen LogP) is 3.54. The number of H-pyrrole nitrogens is 1. The molecule has 0 fully saturated rings. The lowest BCUT2D eigenvalue weighted by atomic mass is 10.2. The van der Waals surface area contributed by atoms with Crippen LogP contribution in [0.3, 0.4) is 0 Å². The van der Waals surface area contributed by atoms with E-state index in [-0.39, 0.29) is 5.56 Å². The van der Waals surface area contributed by atoms with Gasteiger partial charge in [0.2, 0.25) is 0 Å². The van der Waals surface area contributed by atoms with Gasteiger partial charge in [0.15, 0.2) is 0 Å². The Labute approximate surface area is 162 Å². The number of ether oxygens (including phenoxy) is 2. The minimum absolute atomic E-state index is 0.287. The van der Waals surface area contributed by atoms with Gasteiger partial charge in [0, 0.05) is 20.9 Å². The summed E-state index contributed by atoms with van der Waals surface area (Å²) >= 11 is 3.44. The number of aromatic amines is 1. The standard InChI is InChI=1S/C19H15BrN4O3/c1-26-13-4-6-16(27-2)11(7-13)9-22-24-10-21-17-14-8-12(20)3-5-15(14)23-18(17)19(24)25/h3-10,23H,1-2H3/b22-9-. The van der Waals surface area contributed by atoms with Gasteiger partial charge in [-0.2, -0.15) is 9.78 Å². The molecule has 0 saturated heterocycles. The summed E-state index contributed by atoms with van der Waals surface area (Å²) in [5, 5.41) is 5.13. The van der Waals surface area contributed by atoms with Gasteiger partial charge in [-0.15, -0.1) is 0 Å². The summed E-state index contributed by atoms with van der Waals surface area (Å²) in [5.41, 5.74) is 2.26. The van der Waals surface area contributed by atoms with Gasteiger partial charge in [0.05, 0.1) is 20.4 Å². The predicted molar refractivity (Wildman–Crippen MR) is 108 cm³/mol. The molecule has 0 saturated carbocycles. The van der Waals surface area contributed by atoms with Gasteiger partial charge in [-0.1, -0.05) is 15.9 Å². The van der Waals surface area contributed by atoms with E-state index in [4.69, 9.17) is 9.47 Å². The molecule has 2 aromatic heterocycles. The molecular formula is C19H15BrN4O3. The first-order chi connectivity index (χ1) is 13.1. The van der Waals surface area contributed by atoms with Crippen LogP contribution < -0.4 is 15.0 Å². The van der Waals surface area contributed by atoms with Crippen molar-refractivity contribution < 1.29 is 9.47 Å². The number of methoxy groups -OCH3 is 2. The fraction of sp³-hybridized carbons (Fsp3) is 0.105. The van der Waals surface area contributed by atoms with Crippen LogP contribution in [0, 0.1) is 0 Å². The van der Waals surface area contributed by atoms with Gasteiger partial charge in [-0.25, -0.2) is 4.98 Å². The quantitative estimate of drug-likeness (QED) is 0.506. The summed E-state index contributed by atoms with van der Waals surface area (Å²) in [4.78, 5) is 20.3. The average molecular weight is 427 g/mol. The Balaban J connectivity index is 1.81. The molecule has 4 aromatic rings. The van der Waals surface area contributed by atoms with E-state index in [1.54, 1.807) is 32.4 Å². The van der Waals surface area contributed by atoms with Gasteiger partial charge in [0.25, 0.3) is 5.56 Å². The highest BCUT2D eigenvalue weighted by atomic mass is 79.9. The number of halogens is 1. The maximum atomic E-state index is 12.8. The molecule has 2 aromatic carbocycles. The molecule has 1 N–H and O–H groups in total. The summed E-state index contributed by atoms with van der Waals surface area (Å²) in [6.45, 7) is 0. The SMILES string of the molecule is COc1ccc(OC)c(/C=N\n2cnc3c([nH]c4ccc(Br)cc43)c2=O)c1. The Morgan fingerprint density at radius 2 is 2.04 bits per heavy atom. The van der Waals surface area contributed by atoms with Gasteiger partial charge in [-0.05, 0) is 36.4 Å². The van der Waals surface area contributed by atoms with Crippen molar-refractivity contribution in [2.75, 3.05) is 14.2 Å². The molecule has 0 amide bonds. The van der Waals surface area contributed by atoms with Crippen LogP contribution in [-0.2, 0) is 0 Å². The minimum atomic E-state index is -0.287. The Morgan fingerprint density at radius 3 is 2.81 bits per heavy atom. The number of nitrogens with one attached hydrogen (secondary N) is 1. The zero-order valence-electron chi connectivity index (χ0n) is 14.6. The van der Waals surface area contributed by atoms with Crippen LogP contribution in [0.5, 0.6) is 11.5 Å². The number of nitrogens with zero attached hydrogens (tertiary/aromatic N) is 3. The fourth-order valence-corrected chi connectivity index (χ4v) is 3.23. The molecule has 0 unspecified atom stereocenters. The lowest BCUT2D eigenvalue weighted by Crippen LogP contribution is -2.17. The molecule has 27 heavy (non-hydrogen) atoms. The molecule has 0 aliphatic carbocycles. The molecule has 136 valence electrons. The number of benzene rings is 2. The molecule has 0 atom stereocenters. The highest BCUT2D eigenvalue weighted by Crippen LogP contribution is 2.25. The third-order valence-electron chi connectivity index (χ3n) is 4.21. The summed E-state index contributed by atoms with van der Waals surface area (Å²) in [6.07, 6.45) is 2.94. The number of hydrogen-bond acceptors (Lipinski definition) is 5. The molecule has 0 aliphatic rings. The first-order valence-corrected chi connectivity index (χ1v) is 8.85. The third kappa shape index (κ3) is 3.08. The van der Waals surface area contributed by atoms with Crippen molar-refractivity contribution >= 4 is 44.1 Å². The first kappa shape index (κ1) is 17.3. The van der Waals surface area contributed by atoms with Crippen molar-refractivity contribution in [3.63, 3.8) is 0 Å². The van der Waals surface area contributed by atoms with Crippen molar-refractivity contribution in [2.24, 2.45) is 5.10 Å². The minimum Gasteiger partial charge on any atom is -0.497 e. The first-order valence-electron chi connectivity index (χ1n) is 8.05. The molecular weight excluding hydrogens is 412 g/mol. The number of aromatic nitrogens is 3. The largest absolute Gasteiger partial charge is 0.497 e. The molecule has 2 heterocycles. The molecule has 0 aliphatic heterocycles. The monoisotopic (exact) mass is 426 g/mol. The van der Waals surface area contributed by atoms with E-state index in [0.717, 1.165) is 15.4 Å². The van der Waals surface area contributed by atoms with Gasteiger partial charge < -0.3 is 14.5 Å². The maximum absolute atomic E-state index is 12.8. The van der Waals surface area contributed by atoms with Crippen LogP contribution in [0.25, 0.3) is 21.9 Å². The maximum Gasteiger partial charge on any atom is 0.298 e. The van der Waals surface area contributed by atoms with E-state index >= 15 is 0 Å². The molecule has 0 spiro atoms. The molecule has 8 heteroatoms. The van der Waals surface area contributed by atoms with E-state index < -0.39 is 0 Å². The Morgan fingerprint density at radius 1 is 1.19 bits per heavy atom. The Kier molecular flexibility index (Phi) is 4.41. The highest BCUT2D eigenvalue weighted by molar-refractivity contribution is 9.10. The van der Waals surface area contributed by atoms with E-state index in [2.05, 4.69) is 31.0 Å². The smallest absolute Gasteiger partial charge is 0.298 e. The van der Waals surface area contributed by atoms with Crippen molar-refractivity contribution in [1.29, 1.82) is 0 Å². The van der Waals surface area contributed by atoms with Crippen molar-refractivity contribution in [3.8, 4) is 11.5 Å². The average Bonchev–Trinajstić information content (AvgIpc) is 3.06. The molecule has 0 bridgehead atoms. The normalized spacial score (nSPS) is 11.5. The third-order valence-corrected chi connectivity index (χ3v) is 4.70. The number of fused-ring (bicyclic) bond motifs is 3. The van der Waals surface area contributed by atoms with E-state index in [0.29, 0.717) is 28.1 Å². The fourth-order valence-electron chi connectivity index (χ4n) is 2.87. The van der Waals surface area contributed by atoms with Crippen LogP contribution in [0.2, 0.25) is 0 Å². The second-order valence-electron chi connectivity index (χ2n) is 5.79. The Hall–Kier alpha value is -3.13. The lowest BCUT2D eigenvalue weighted by molar-refractivity contribution is 0.402. The van der Waals surface area contributed by atoms with E-state index in [1.165, 1.54) is 17.2 Å². The summed E-state index contributed by atoms with van der Waals surface area (Å²) in [5.74, 6) is 1.29. The van der Waals surface area contributed by atoms with Gasteiger partial charge in [0.1, 0.15) is 28.9 Å². The molecule has 4 rings (SSSR count). The van der Waals surface area contributed by atoms with Crippen molar-refractivity contribution in [3.05, 3.63) is 63.1 Å². The topological polar surface area (TPSA) is 81.5 Å². The zero-order chi connectivity index (χ0) is 19.0. The van der Waals surface area contributed by atoms with Crippen molar-refractivity contribution in [1.82, 2.24) is 14.6 Å². The number of hydrogen-bond donors (Lipinski definition) is 1. The zero-order valence-corrected chi connectivity index (χ0v) is 16.1. The van der Waals surface area contributed by atoms with Crippen LogP contribution >= 0.6 is 15.9 Å². The summed E-state index contributed by atoms with van der Waals surface area (Å²) in [6, 6.07) is 11.1. The summed E-state index contributed by atoms with van der Waals surface area (Å²) < 4.78 is 12.7. The molecule has 0 radical (unpaired) electrons. The second-order valence-corrected chi connectivity index (χ2v) is 6.70. The Bertz CT molecular complexity index is 1240. The highest BCUT2D eigenvalue weighted by Gasteiger charge is 2.11. The van der Waals surface area contributed by atoms with Crippen LogP contribution in [0.1, 0.15) is 5.56 Å². The summed E-state index contributed by atoms with van der Waals surface area (Å²) in [7, 11) is 3.15. The second kappa shape index (κ2) is 6.88. The van der Waals surface area contributed by atoms with Crippen LogP contribution in [-0.4, -0.2) is 35.1 Å². The van der Waals surface area contributed by atoms with Crippen molar-refractivity contribution in [2.45, 2.75) is 0 Å².